The number of carbonyl (C=O) groups is 1. The summed E-state index contributed by atoms with van der Waals surface area (Å²) in [6.45, 7) is 3.48. The summed E-state index contributed by atoms with van der Waals surface area (Å²) in [6, 6.07) is 3.23. The van der Waals surface area contributed by atoms with Crippen LogP contribution >= 0.6 is 0 Å². The number of ether oxygens (including phenoxy) is 1. The molecule has 1 aromatic heterocycles. The van der Waals surface area contributed by atoms with Gasteiger partial charge in [-0.05, 0) is 12.1 Å². The second-order valence-corrected chi connectivity index (χ2v) is 11.3. The van der Waals surface area contributed by atoms with Gasteiger partial charge >= 0.3 is 0 Å². The zero-order valence-corrected chi connectivity index (χ0v) is 18.0. The standard InChI is InChI=1S/C17H26N4O6S2/c1-28(23,24)13-4-17(22)20-7-5-19(6-8-20)16-3-2-15(14-18-16)29(25,26)21-9-11-27-12-10-21/h2-3,14H,4-13H2,1H3. The molecule has 0 aliphatic carbocycles. The molecule has 12 heteroatoms. The van der Waals surface area contributed by atoms with Crippen molar-refractivity contribution in [3.05, 3.63) is 18.3 Å². The molecule has 3 heterocycles. The summed E-state index contributed by atoms with van der Waals surface area (Å²) in [5.41, 5.74) is 0. The lowest BCUT2D eigenvalue weighted by Gasteiger charge is -2.35. The number of hydrogen-bond donors (Lipinski definition) is 0. The molecule has 1 aromatic rings. The van der Waals surface area contributed by atoms with Crippen LogP contribution in [0.1, 0.15) is 6.42 Å². The van der Waals surface area contributed by atoms with Crippen molar-refractivity contribution in [2.45, 2.75) is 11.3 Å². The van der Waals surface area contributed by atoms with E-state index in [1.165, 1.54) is 10.5 Å². The van der Waals surface area contributed by atoms with Gasteiger partial charge in [0, 0.05) is 58.1 Å². The van der Waals surface area contributed by atoms with Gasteiger partial charge in [-0.15, -0.1) is 0 Å². The highest BCUT2D eigenvalue weighted by atomic mass is 32.2. The van der Waals surface area contributed by atoms with Gasteiger partial charge in [0.1, 0.15) is 20.6 Å². The molecule has 0 bridgehead atoms. The van der Waals surface area contributed by atoms with Crippen molar-refractivity contribution in [3.8, 4) is 0 Å². The molecule has 10 nitrogen and oxygen atoms in total. The number of piperazine rings is 1. The number of sulfonamides is 1. The van der Waals surface area contributed by atoms with Crippen LogP contribution in [-0.2, 0) is 29.4 Å². The van der Waals surface area contributed by atoms with Crippen LogP contribution in [0.4, 0.5) is 5.82 Å². The average molecular weight is 447 g/mol. The molecule has 2 saturated heterocycles. The first kappa shape index (κ1) is 21.9. The minimum absolute atomic E-state index is 0.00875. The van der Waals surface area contributed by atoms with Gasteiger partial charge in [0.05, 0.1) is 19.0 Å². The van der Waals surface area contributed by atoms with Crippen LogP contribution in [0.15, 0.2) is 23.2 Å². The highest BCUT2D eigenvalue weighted by Gasteiger charge is 2.27. The van der Waals surface area contributed by atoms with Gasteiger partial charge in [-0.1, -0.05) is 0 Å². The maximum atomic E-state index is 12.7. The summed E-state index contributed by atoms with van der Waals surface area (Å²) < 4.78 is 54.3. The summed E-state index contributed by atoms with van der Waals surface area (Å²) in [5, 5.41) is 0. The molecule has 0 saturated carbocycles. The molecule has 0 unspecified atom stereocenters. The lowest BCUT2D eigenvalue weighted by Crippen LogP contribution is -2.49. The Balaban J connectivity index is 1.57. The van der Waals surface area contributed by atoms with E-state index in [4.69, 9.17) is 4.74 Å². The monoisotopic (exact) mass is 446 g/mol. The van der Waals surface area contributed by atoms with Gasteiger partial charge < -0.3 is 14.5 Å². The lowest BCUT2D eigenvalue weighted by atomic mass is 10.3. The number of amides is 1. The highest BCUT2D eigenvalue weighted by molar-refractivity contribution is 7.90. The maximum Gasteiger partial charge on any atom is 0.244 e. The Hall–Kier alpha value is -1.76. The Morgan fingerprint density at radius 3 is 2.24 bits per heavy atom. The Kier molecular flexibility index (Phi) is 6.76. The molecule has 0 atom stereocenters. The number of sulfone groups is 1. The summed E-state index contributed by atoms with van der Waals surface area (Å²) >= 11 is 0. The van der Waals surface area contributed by atoms with Gasteiger partial charge in [-0.3, -0.25) is 4.79 Å². The molecule has 1 amide bonds. The Labute approximate surface area is 171 Å². The second kappa shape index (κ2) is 8.94. The van der Waals surface area contributed by atoms with E-state index in [0.29, 0.717) is 58.3 Å². The normalized spacial score (nSPS) is 19.3. The van der Waals surface area contributed by atoms with Crippen LogP contribution in [0.5, 0.6) is 0 Å². The van der Waals surface area contributed by atoms with Crippen molar-refractivity contribution >= 4 is 31.6 Å². The first-order chi connectivity index (χ1) is 13.7. The molecule has 2 aliphatic heterocycles. The van der Waals surface area contributed by atoms with Crippen LogP contribution in [-0.4, -0.2) is 101 Å². The topological polar surface area (TPSA) is 117 Å². The molecule has 0 N–H and O–H groups in total. The molecule has 0 aromatic carbocycles. The van der Waals surface area contributed by atoms with E-state index >= 15 is 0 Å². The molecule has 0 spiro atoms. The highest BCUT2D eigenvalue weighted by Crippen LogP contribution is 2.20. The third-order valence-electron chi connectivity index (χ3n) is 4.97. The third-order valence-corrected chi connectivity index (χ3v) is 7.80. The maximum absolute atomic E-state index is 12.7. The number of hydrogen-bond acceptors (Lipinski definition) is 8. The fourth-order valence-corrected chi connectivity index (χ4v) is 5.16. The van der Waals surface area contributed by atoms with E-state index in [1.807, 2.05) is 4.90 Å². The fraction of sp³-hybridized carbons (Fsp3) is 0.647. The fourth-order valence-electron chi connectivity index (χ4n) is 3.26. The van der Waals surface area contributed by atoms with E-state index in [1.54, 1.807) is 17.0 Å². The Bertz CT molecular complexity index is 919. The van der Waals surface area contributed by atoms with Crippen LogP contribution in [0.3, 0.4) is 0 Å². The van der Waals surface area contributed by atoms with Gasteiger partial charge in [0.15, 0.2) is 0 Å². The van der Waals surface area contributed by atoms with Crippen molar-refractivity contribution < 1.29 is 26.4 Å². The smallest absolute Gasteiger partial charge is 0.244 e. The number of anilines is 1. The van der Waals surface area contributed by atoms with Crippen LogP contribution in [0.2, 0.25) is 0 Å². The largest absolute Gasteiger partial charge is 0.379 e. The number of pyridine rings is 1. The summed E-state index contributed by atoms with van der Waals surface area (Å²) in [6.07, 6.45) is 2.47. The van der Waals surface area contributed by atoms with Crippen molar-refractivity contribution in [1.82, 2.24) is 14.2 Å². The predicted molar refractivity (Wildman–Crippen MR) is 107 cm³/mol. The molecule has 0 radical (unpaired) electrons. The number of aromatic nitrogens is 1. The first-order valence-corrected chi connectivity index (χ1v) is 12.9. The second-order valence-electron chi connectivity index (χ2n) is 7.12. The van der Waals surface area contributed by atoms with E-state index < -0.39 is 19.9 Å². The minimum Gasteiger partial charge on any atom is -0.379 e. The Morgan fingerprint density at radius 1 is 1.03 bits per heavy atom. The minimum atomic E-state index is -3.58. The molecule has 2 aliphatic rings. The molecule has 2 fully saturated rings. The number of nitrogens with zero attached hydrogens (tertiary/aromatic N) is 4. The molecular weight excluding hydrogens is 420 g/mol. The van der Waals surface area contributed by atoms with Crippen molar-refractivity contribution in [3.63, 3.8) is 0 Å². The SMILES string of the molecule is CS(=O)(=O)CCC(=O)N1CCN(c2ccc(S(=O)(=O)N3CCOCC3)cn2)CC1. The third kappa shape index (κ3) is 5.65. The zero-order valence-electron chi connectivity index (χ0n) is 16.4. The molecule has 162 valence electrons. The molecule has 29 heavy (non-hydrogen) atoms. The zero-order chi connectivity index (χ0) is 21.1. The van der Waals surface area contributed by atoms with Crippen LogP contribution in [0.25, 0.3) is 0 Å². The number of carbonyl (C=O) groups excluding carboxylic acids is 1. The number of morpholine rings is 1. The van der Waals surface area contributed by atoms with Gasteiger partial charge in [0.2, 0.25) is 15.9 Å². The van der Waals surface area contributed by atoms with E-state index in [2.05, 4.69) is 4.98 Å². The van der Waals surface area contributed by atoms with Crippen molar-refractivity contribution in [1.29, 1.82) is 0 Å². The predicted octanol–water partition coefficient (Wildman–Crippen LogP) is -0.814. The van der Waals surface area contributed by atoms with Crippen molar-refractivity contribution in [2.75, 3.05) is 69.4 Å². The Morgan fingerprint density at radius 2 is 1.69 bits per heavy atom. The quantitative estimate of drug-likeness (QED) is 0.557. The molecular formula is C17H26N4O6S2. The number of rotatable bonds is 6. The molecule has 3 rings (SSSR count). The van der Waals surface area contributed by atoms with Crippen LogP contribution in [0, 0.1) is 0 Å². The van der Waals surface area contributed by atoms with Crippen molar-refractivity contribution in [2.24, 2.45) is 0 Å². The summed E-state index contributed by atoms with van der Waals surface area (Å²) in [4.78, 5) is 20.2. The van der Waals surface area contributed by atoms with E-state index in [-0.39, 0.29) is 23.0 Å². The van der Waals surface area contributed by atoms with E-state index in [9.17, 15) is 21.6 Å². The average Bonchev–Trinajstić information content (AvgIpc) is 2.72. The van der Waals surface area contributed by atoms with Gasteiger partial charge in [-0.25, -0.2) is 21.8 Å². The van der Waals surface area contributed by atoms with Gasteiger partial charge in [-0.2, -0.15) is 4.31 Å². The summed E-state index contributed by atoms with van der Waals surface area (Å²) in [7, 11) is -6.74. The first-order valence-electron chi connectivity index (χ1n) is 9.41. The van der Waals surface area contributed by atoms with Crippen LogP contribution < -0.4 is 4.90 Å². The van der Waals surface area contributed by atoms with E-state index in [0.717, 1.165) is 6.26 Å². The lowest BCUT2D eigenvalue weighted by molar-refractivity contribution is -0.131. The summed E-state index contributed by atoms with van der Waals surface area (Å²) in [5.74, 6) is 0.330. The van der Waals surface area contributed by atoms with Gasteiger partial charge in [0.25, 0.3) is 0 Å².